The minimum Gasteiger partial charge on any atom is -0.426 e. The van der Waals surface area contributed by atoms with Gasteiger partial charge in [-0.1, -0.05) is 6.07 Å². The van der Waals surface area contributed by atoms with Crippen LogP contribution in [0.4, 0.5) is 5.69 Å². The fraction of sp³-hybridized carbons (Fsp3) is 0.273. The minimum absolute atomic E-state index is 0.0182. The van der Waals surface area contributed by atoms with Gasteiger partial charge in [0.25, 0.3) is 0 Å². The molecule has 2 rings (SSSR count). The fourth-order valence-corrected chi connectivity index (χ4v) is 1.70. The van der Waals surface area contributed by atoms with Gasteiger partial charge in [-0.25, -0.2) is 0 Å². The van der Waals surface area contributed by atoms with Crippen molar-refractivity contribution < 1.29 is 14.3 Å². The molecule has 0 saturated heterocycles. The Bertz CT molecular complexity index is 439. The lowest BCUT2D eigenvalue weighted by Gasteiger charge is -2.10. The molecule has 0 unspecified atom stereocenters. The highest BCUT2D eigenvalue weighted by atomic mass is 16.5. The first-order chi connectivity index (χ1) is 7.09. The van der Waals surface area contributed by atoms with Crippen molar-refractivity contribution in [1.29, 1.82) is 0 Å². The van der Waals surface area contributed by atoms with E-state index in [-0.39, 0.29) is 11.9 Å². The molecule has 0 atom stereocenters. The average molecular weight is 205 g/mol. The van der Waals surface area contributed by atoms with Crippen molar-refractivity contribution in [3.8, 4) is 5.75 Å². The van der Waals surface area contributed by atoms with Crippen LogP contribution in [0.5, 0.6) is 5.75 Å². The van der Waals surface area contributed by atoms with Crippen molar-refractivity contribution in [3.63, 3.8) is 0 Å². The molecular formula is C11H11NO3. The molecule has 1 aliphatic heterocycles. The van der Waals surface area contributed by atoms with E-state index in [4.69, 9.17) is 4.74 Å². The molecule has 4 heteroatoms. The maximum Gasteiger partial charge on any atom is 0.308 e. The number of carbonyl (C=O) groups excluding carboxylic acids is 2. The molecule has 1 aromatic rings. The zero-order chi connectivity index (χ0) is 11.0. The maximum atomic E-state index is 11.5. The summed E-state index contributed by atoms with van der Waals surface area (Å²) in [5.41, 5.74) is 1.61. The Morgan fingerprint density at radius 1 is 1.47 bits per heavy atom. The lowest BCUT2D eigenvalue weighted by molar-refractivity contribution is -0.132. The third-order valence-corrected chi connectivity index (χ3v) is 2.43. The molecule has 78 valence electrons. The Hall–Kier alpha value is -1.84. The predicted molar refractivity (Wildman–Crippen MR) is 54.9 cm³/mol. The lowest BCUT2D eigenvalue weighted by Crippen LogP contribution is -2.20. The van der Waals surface area contributed by atoms with Crippen LogP contribution in [0, 0.1) is 0 Å². The number of fused-ring (bicyclic) bond motifs is 1. The van der Waals surface area contributed by atoms with E-state index in [1.807, 2.05) is 6.07 Å². The summed E-state index contributed by atoms with van der Waals surface area (Å²) >= 11 is 0. The highest BCUT2D eigenvalue weighted by molar-refractivity contribution is 6.02. The normalized spacial score (nSPS) is 14.0. The van der Waals surface area contributed by atoms with Crippen molar-refractivity contribution in [2.24, 2.45) is 0 Å². The Kier molecular flexibility index (Phi) is 2.19. The van der Waals surface area contributed by atoms with Crippen molar-refractivity contribution in [1.82, 2.24) is 0 Å². The van der Waals surface area contributed by atoms with Crippen molar-refractivity contribution in [2.45, 2.75) is 13.3 Å². The van der Waals surface area contributed by atoms with Crippen LogP contribution in [0.1, 0.15) is 12.5 Å². The van der Waals surface area contributed by atoms with Gasteiger partial charge in [0.1, 0.15) is 5.75 Å². The molecule has 0 radical (unpaired) electrons. The summed E-state index contributed by atoms with van der Waals surface area (Å²) < 4.78 is 5.04. The predicted octanol–water partition coefficient (Wildman–Crippen LogP) is 1.13. The summed E-state index contributed by atoms with van der Waals surface area (Å²) in [7, 11) is 1.71. The summed E-state index contributed by atoms with van der Waals surface area (Å²) in [6.45, 7) is 1.35. The summed E-state index contributed by atoms with van der Waals surface area (Å²) in [5.74, 6) is 0.132. The van der Waals surface area contributed by atoms with Crippen molar-refractivity contribution in [3.05, 3.63) is 23.8 Å². The highest BCUT2D eigenvalue weighted by Gasteiger charge is 2.27. The van der Waals surface area contributed by atoms with Crippen molar-refractivity contribution >= 4 is 17.6 Å². The molecule has 4 nitrogen and oxygen atoms in total. The van der Waals surface area contributed by atoms with Crippen molar-refractivity contribution in [2.75, 3.05) is 11.9 Å². The topological polar surface area (TPSA) is 46.6 Å². The van der Waals surface area contributed by atoms with Crippen LogP contribution < -0.4 is 9.64 Å². The van der Waals surface area contributed by atoms with Crippen LogP contribution in [0.25, 0.3) is 0 Å². The number of likely N-dealkylation sites (N-methyl/N-ethyl adjacent to an activating group) is 1. The van der Waals surface area contributed by atoms with Gasteiger partial charge in [0, 0.05) is 19.5 Å². The van der Waals surface area contributed by atoms with E-state index in [2.05, 4.69) is 0 Å². The van der Waals surface area contributed by atoms with Gasteiger partial charge in [-0.05, 0) is 12.1 Å². The van der Waals surface area contributed by atoms with Gasteiger partial charge in [0.05, 0.1) is 12.1 Å². The Morgan fingerprint density at radius 2 is 2.20 bits per heavy atom. The Balaban J connectivity index is 2.44. The standard InChI is InChI=1S/C11H11NO3/c1-7(13)15-10-5-3-4-9-8(10)6-11(14)12(9)2/h3-5H,6H2,1-2H3. The van der Waals surface area contributed by atoms with E-state index in [0.29, 0.717) is 12.2 Å². The summed E-state index contributed by atoms with van der Waals surface area (Å²) in [5, 5.41) is 0. The second kappa shape index (κ2) is 3.38. The highest BCUT2D eigenvalue weighted by Crippen LogP contribution is 2.34. The van der Waals surface area contributed by atoms with E-state index in [9.17, 15) is 9.59 Å². The third kappa shape index (κ3) is 1.58. The number of hydrogen-bond donors (Lipinski definition) is 0. The number of anilines is 1. The van der Waals surface area contributed by atoms with Gasteiger partial charge in [-0.2, -0.15) is 0 Å². The van der Waals surface area contributed by atoms with E-state index in [1.165, 1.54) is 6.92 Å². The molecule has 0 bridgehead atoms. The number of nitrogens with zero attached hydrogens (tertiary/aromatic N) is 1. The van der Waals surface area contributed by atoms with Gasteiger partial charge in [-0.3, -0.25) is 9.59 Å². The molecule has 1 amide bonds. The number of rotatable bonds is 1. The first-order valence-corrected chi connectivity index (χ1v) is 4.66. The van der Waals surface area contributed by atoms with Gasteiger partial charge in [-0.15, -0.1) is 0 Å². The smallest absolute Gasteiger partial charge is 0.308 e. The zero-order valence-corrected chi connectivity index (χ0v) is 8.61. The molecule has 15 heavy (non-hydrogen) atoms. The summed E-state index contributed by atoms with van der Waals surface area (Å²) in [6, 6.07) is 5.31. The first-order valence-electron chi connectivity index (χ1n) is 4.66. The molecular weight excluding hydrogens is 194 g/mol. The van der Waals surface area contributed by atoms with E-state index in [1.54, 1.807) is 24.1 Å². The quantitative estimate of drug-likeness (QED) is 0.510. The van der Waals surface area contributed by atoms with Crippen LogP contribution in [0.3, 0.4) is 0 Å². The fourth-order valence-electron chi connectivity index (χ4n) is 1.70. The van der Waals surface area contributed by atoms with Crippen LogP contribution in [-0.4, -0.2) is 18.9 Å². The summed E-state index contributed by atoms with van der Waals surface area (Å²) in [6.07, 6.45) is 0.301. The van der Waals surface area contributed by atoms with Gasteiger partial charge < -0.3 is 9.64 Å². The second-order valence-electron chi connectivity index (χ2n) is 3.48. The van der Waals surface area contributed by atoms with Gasteiger partial charge in [0.2, 0.25) is 5.91 Å². The van der Waals surface area contributed by atoms with E-state index < -0.39 is 0 Å². The largest absolute Gasteiger partial charge is 0.426 e. The SMILES string of the molecule is CC(=O)Oc1cccc2c1CC(=O)N2C. The second-order valence-corrected chi connectivity index (χ2v) is 3.48. The molecule has 0 N–H and O–H groups in total. The monoisotopic (exact) mass is 205 g/mol. The number of hydrogen-bond acceptors (Lipinski definition) is 3. The zero-order valence-electron chi connectivity index (χ0n) is 8.61. The molecule has 1 aliphatic rings. The van der Waals surface area contributed by atoms with Gasteiger partial charge >= 0.3 is 5.97 Å². The Labute approximate surface area is 87.4 Å². The lowest BCUT2D eigenvalue weighted by atomic mass is 10.1. The van der Waals surface area contributed by atoms with E-state index >= 15 is 0 Å². The molecule has 1 heterocycles. The van der Waals surface area contributed by atoms with Crippen LogP contribution in [0.2, 0.25) is 0 Å². The summed E-state index contributed by atoms with van der Waals surface area (Å²) in [4.78, 5) is 23.9. The van der Waals surface area contributed by atoms with E-state index in [0.717, 1.165) is 11.3 Å². The molecule has 1 aromatic carbocycles. The first kappa shape index (κ1) is 9.71. The van der Waals surface area contributed by atoms with Gasteiger partial charge in [0.15, 0.2) is 0 Å². The number of ether oxygens (including phenoxy) is 1. The third-order valence-electron chi connectivity index (χ3n) is 2.43. The van der Waals surface area contributed by atoms with Crippen LogP contribution in [0.15, 0.2) is 18.2 Å². The minimum atomic E-state index is -0.370. The number of esters is 1. The molecule has 0 aromatic heterocycles. The van der Waals surface area contributed by atoms with Crippen LogP contribution >= 0.6 is 0 Å². The maximum absolute atomic E-state index is 11.5. The number of benzene rings is 1. The Morgan fingerprint density at radius 3 is 2.87 bits per heavy atom. The average Bonchev–Trinajstić information content (AvgIpc) is 2.45. The molecule has 0 aliphatic carbocycles. The molecule has 0 fully saturated rings. The molecule has 0 spiro atoms. The number of amides is 1. The molecule has 0 saturated carbocycles. The number of carbonyl (C=O) groups is 2. The van der Waals surface area contributed by atoms with Crippen LogP contribution in [-0.2, 0) is 16.0 Å².